The summed E-state index contributed by atoms with van der Waals surface area (Å²) in [6.45, 7) is 6.68. The van der Waals surface area contributed by atoms with E-state index in [9.17, 15) is 0 Å². The molecule has 13 heavy (non-hydrogen) atoms. The van der Waals surface area contributed by atoms with Crippen molar-refractivity contribution in [3.63, 3.8) is 0 Å². The lowest BCUT2D eigenvalue weighted by atomic mass is 10.0. The zero-order chi connectivity index (χ0) is 9.84. The van der Waals surface area contributed by atoms with Gasteiger partial charge in [-0.15, -0.1) is 0 Å². The minimum absolute atomic E-state index is 0.443. The lowest BCUT2D eigenvalue weighted by Crippen LogP contribution is -1.90. The molecule has 0 aliphatic heterocycles. The number of azide groups is 1. The molecule has 3 heteroatoms. The molecule has 0 aromatic heterocycles. The van der Waals surface area contributed by atoms with Gasteiger partial charge in [0.25, 0.3) is 0 Å². The Morgan fingerprint density at radius 1 is 1.23 bits per heavy atom. The summed E-state index contributed by atoms with van der Waals surface area (Å²) in [5.41, 5.74) is 13.1. The van der Waals surface area contributed by atoms with Crippen molar-refractivity contribution in [2.24, 2.45) is 5.11 Å². The lowest BCUT2D eigenvalue weighted by molar-refractivity contribution is 1.03. The molecular weight excluding hydrogens is 162 g/mol. The van der Waals surface area contributed by atoms with Gasteiger partial charge in [-0.1, -0.05) is 17.2 Å². The smallest absolute Gasteiger partial charge is 0.0511 e. The summed E-state index contributed by atoms with van der Waals surface area (Å²) < 4.78 is 0. The largest absolute Gasteiger partial charge is 0.0893 e. The molecule has 0 heterocycles. The molecule has 1 aromatic rings. The molecule has 1 aromatic carbocycles. The van der Waals surface area contributed by atoms with Gasteiger partial charge in [0.2, 0.25) is 0 Å². The Hall–Kier alpha value is -1.47. The normalized spacial score (nSPS) is 9.46. The van der Waals surface area contributed by atoms with Gasteiger partial charge in [-0.05, 0) is 48.6 Å². The van der Waals surface area contributed by atoms with Crippen molar-refractivity contribution in [3.8, 4) is 0 Å². The molecule has 68 valence electrons. The van der Waals surface area contributed by atoms with E-state index in [0.717, 1.165) is 5.56 Å². The van der Waals surface area contributed by atoms with E-state index in [1.165, 1.54) is 16.7 Å². The number of nitrogens with zero attached hydrogens (tertiary/aromatic N) is 3. The van der Waals surface area contributed by atoms with E-state index in [0.29, 0.717) is 6.54 Å². The van der Waals surface area contributed by atoms with Crippen LogP contribution in [0.3, 0.4) is 0 Å². The lowest BCUT2D eigenvalue weighted by Gasteiger charge is -2.06. The fourth-order valence-electron chi connectivity index (χ4n) is 1.33. The average Bonchev–Trinajstić information content (AvgIpc) is 2.10. The van der Waals surface area contributed by atoms with Crippen molar-refractivity contribution >= 4 is 0 Å². The van der Waals surface area contributed by atoms with Crippen LogP contribution < -0.4 is 0 Å². The van der Waals surface area contributed by atoms with Gasteiger partial charge in [0.15, 0.2) is 0 Å². The van der Waals surface area contributed by atoms with Gasteiger partial charge < -0.3 is 0 Å². The second-order valence-corrected chi connectivity index (χ2v) is 3.24. The molecule has 0 bridgehead atoms. The molecule has 0 amide bonds. The third-order valence-electron chi connectivity index (χ3n) is 2.30. The van der Waals surface area contributed by atoms with Crippen LogP contribution in [0.15, 0.2) is 17.2 Å². The summed E-state index contributed by atoms with van der Waals surface area (Å²) in [6.07, 6.45) is 0. The topological polar surface area (TPSA) is 48.8 Å². The van der Waals surface area contributed by atoms with Crippen LogP contribution in [0, 0.1) is 20.8 Å². The highest BCUT2D eigenvalue weighted by molar-refractivity contribution is 5.36. The Morgan fingerprint density at radius 2 is 1.77 bits per heavy atom. The monoisotopic (exact) mass is 175 g/mol. The Balaban J connectivity index is 3.05. The van der Waals surface area contributed by atoms with Crippen LogP contribution in [0.25, 0.3) is 10.4 Å². The second kappa shape index (κ2) is 3.97. The Kier molecular flexibility index (Phi) is 2.93. The molecule has 0 saturated carbocycles. The van der Waals surface area contributed by atoms with Crippen molar-refractivity contribution in [3.05, 3.63) is 44.8 Å². The van der Waals surface area contributed by atoms with Crippen molar-refractivity contribution in [1.82, 2.24) is 0 Å². The van der Waals surface area contributed by atoms with Crippen molar-refractivity contribution in [1.29, 1.82) is 0 Å². The Morgan fingerprint density at radius 3 is 2.23 bits per heavy atom. The van der Waals surface area contributed by atoms with Gasteiger partial charge in [0.1, 0.15) is 0 Å². The van der Waals surface area contributed by atoms with Gasteiger partial charge in [-0.25, -0.2) is 0 Å². The van der Waals surface area contributed by atoms with Gasteiger partial charge >= 0.3 is 0 Å². The van der Waals surface area contributed by atoms with E-state index in [1.807, 2.05) is 0 Å². The number of hydrogen-bond acceptors (Lipinski definition) is 1. The minimum atomic E-state index is 0.443. The van der Waals surface area contributed by atoms with E-state index in [4.69, 9.17) is 5.53 Å². The minimum Gasteiger partial charge on any atom is -0.0893 e. The van der Waals surface area contributed by atoms with E-state index >= 15 is 0 Å². The molecule has 0 fully saturated rings. The molecule has 0 spiro atoms. The van der Waals surface area contributed by atoms with Crippen LogP contribution in [-0.2, 0) is 6.54 Å². The summed E-state index contributed by atoms with van der Waals surface area (Å²) in [6, 6.07) is 4.13. The maximum Gasteiger partial charge on any atom is 0.0511 e. The molecule has 0 atom stereocenters. The molecule has 1 rings (SSSR count). The predicted octanol–water partition coefficient (Wildman–Crippen LogP) is 3.42. The van der Waals surface area contributed by atoms with E-state index in [1.54, 1.807) is 0 Å². The first kappa shape index (κ1) is 9.62. The van der Waals surface area contributed by atoms with Crippen LogP contribution in [0.4, 0.5) is 0 Å². The fourth-order valence-corrected chi connectivity index (χ4v) is 1.33. The Bertz CT molecular complexity index is 339. The highest BCUT2D eigenvalue weighted by atomic mass is 15.1. The molecule has 0 saturated heterocycles. The van der Waals surface area contributed by atoms with Crippen LogP contribution in [0.2, 0.25) is 0 Å². The Labute approximate surface area is 78.0 Å². The van der Waals surface area contributed by atoms with Crippen LogP contribution in [0.5, 0.6) is 0 Å². The summed E-state index contributed by atoms with van der Waals surface area (Å²) >= 11 is 0. The van der Waals surface area contributed by atoms with Crippen molar-refractivity contribution in [2.75, 3.05) is 0 Å². The highest BCUT2D eigenvalue weighted by Gasteiger charge is 1.99. The molecule has 0 aliphatic carbocycles. The zero-order valence-corrected chi connectivity index (χ0v) is 8.20. The molecule has 0 unspecified atom stereocenters. The first-order chi connectivity index (χ1) is 6.15. The third-order valence-corrected chi connectivity index (χ3v) is 2.30. The quantitative estimate of drug-likeness (QED) is 0.375. The van der Waals surface area contributed by atoms with Gasteiger partial charge in [-0.3, -0.25) is 0 Å². The standard InChI is InChI=1S/C10H13N3/c1-7-4-10(6-12-13-11)5-8(2)9(7)3/h4-5H,6H2,1-3H3. The number of aryl methyl sites for hydroxylation is 2. The maximum atomic E-state index is 8.18. The van der Waals surface area contributed by atoms with E-state index in [2.05, 4.69) is 42.9 Å². The second-order valence-electron chi connectivity index (χ2n) is 3.24. The van der Waals surface area contributed by atoms with E-state index in [-0.39, 0.29) is 0 Å². The number of rotatable bonds is 2. The number of benzene rings is 1. The summed E-state index contributed by atoms with van der Waals surface area (Å²) in [5, 5.41) is 3.53. The number of hydrogen-bond donors (Lipinski definition) is 0. The highest BCUT2D eigenvalue weighted by Crippen LogP contribution is 2.15. The van der Waals surface area contributed by atoms with Gasteiger partial charge in [-0.2, -0.15) is 0 Å². The SMILES string of the molecule is Cc1cc(CN=[N+]=[N-])cc(C)c1C. The molecule has 0 aliphatic rings. The molecule has 0 radical (unpaired) electrons. The van der Waals surface area contributed by atoms with Crippen LogP contribution >= 0.6 is 0 Å². The van der Waals surface area contributed by atoms with Crippen molar-refractivity contribution < 1.29 is 0 Å². The predicted molar refractivity (Wildman–Crippen MR) is 53.5 cm³/mol. The fraction of sp³-hybridized carbons (Fsp3) is 0.400. The van der Waals surface area contributed by atoms with Crippen LogP contribution in [0.1, 0.15) is 22.3 Å². The molecular formula is C10H13N3. The molecule has 3 nitrogen and oxygen atoms in total. The molecule has 0 N–H and O–H groups in total. The van der Waals surface area contributed by atoms with E-state index < -0.39 is 0 Å². The first-order valence-electron chi connectivity index (χ1n) is 4.22. The van der Waals surface area contributed by atoms with Crippen molar-refractivity contribution in [2.45, 2.75) is 27.3 Å². The summed E-state index contributed by atoms with van der Waals surface area (Å²) in [4.78, 5) is 2.74. The van der Waals surface area contributed by atoms with Gasteiger partial charge in [0.05, 0.1) is 6.54 Å². The first-order valence-corrected chi connectivity index (χ1v) is 4.22. The average molecular weight is 175 g/mol. The maximum absolute atomic E-state index is 8.18. The van der Waals surface area contributed by atoms with Crippen LogP contribution in [-0.4, -0.2) is 0 Å². The van der Waals surface area contributed by atoms with Gasteiger partial charge in [0, 0.05) is 4.91 Å². The zero-order valence-electron chi connectivity index (χ0n) is 8.20. The summed E-state index contributed by atoms with van der Waals surface area (Å²) in [5.74, 6) is 0. The summed E-state index contributed by atoms with van der Waals surface area (Å²) in [7, 11) is 0. The third kappa shape index (κ3) is 2.23.